The number of quaternary nitrogens is 1. The Morgan fingerprint density at radius 3 is 2.52 bits per heavy atom. The summed E-state index contributed by atoms with van der Waals surface area (Å²) in [7, 11) is -3.85. The van der Waals surface area contributed by atoms with Crippen molar-refractivity contribution in [1.29, 1.82) is 0 Å². The van der Waals surface area contributed by atoms with Crippen molar-refractivity contribution in [2.24, 2.45) is 0 Å². The summed E-state index contributed by atoms with van der Waals surface area (Å²) in [5.74, 6) is -0.856. The average molecular weight is 392 g/mol. The van der Waals surface area contributed by atoms with Crippen molar-refractivity contribution in [3.8, 4) is 0 Å². The van der Waals surface area contributed by atoms with Crippen LogP contribution in [0.5, 0.6) is 0 Å². The van der Waals surface area contributed by atoms with Crippen LogP contribution in [0.1, 0.15) is 5.56 Å². The standard InChI is InChI=1S/C19H22FN3O3S/c1-15-5-4-6-16(13-15)21-19(24)14-22-9-11-23(12-10-22)27(25,26)18-8-3-2-7-17(18)20/h2-8,13H,9-12,14H2,1H3,(H,21,24)/p+1. The van der Waals surface area contributed by atoms with Crippen LogP contribution in [0, 0.1) is 12.7 Å². The molecule has 1 heterocycles. The summed E-state index contributed by atoms with van der Waals surface area (Å²) in [6.07, 6.45) is 0. The molecule has 2 N–H and O–H groups in total. The van der Waals surface area contributed by atoms with Crippen molar-refractivity contribution in [1.82, 2.24) is 4.31 Å². The van der Waals surface area contributed by atoms with Gasteiger partial charge in [0.05, 0.1) is 26.2 Å². The fourth-order valence-electron chi connectivity index (χ4n) is 3.17. The van der Waals surface area contributed by atoms with E-state index in [1.165, 1.54) is 22.5 Å². The van der Waals surface area contributed by atoms with Crippen molar-refractivity contribution < 1.29 is 22.5 Å². The summed E-state index contributed by atoms with van der Waals surface area (Å²) < 4.78 is 40.4. The quantitative estimate of drug-likeness (QED) is 0.786. The van der Waals surface area contributed by atoms with Gasteiger partial charge in [-0.1, -0.05) is 24.3 Å². The summed E-state index contributed by atoms with van der Waals surface area (Å²) in [6.45, 7) is 3.72. The van der Waals surface area contributed by atoms with Crippen molar-refractivity contribution in [3.05, 3.63) is 59.9 Å². The first kappa shape index (κ1) is 19.5. The molecule has 0 spiro atoms. The molecule has 1 amide bonds. The Hall–Kier alpha value is -2.29. The van der Waals surface area contributed by atoms with Crippen LogP contribution in [-0.4, -0.2) is 51.4 Å². The first-order valence-electron chi connectivity index (χ1n) is 8.81. The van der Waals surface area contributed by atoms with Gasteiger partial charge < -0.3 is 10.2 Å². The van der Waals surface area contributed by atoms with Crippen LogP contribution < -0.4 is 10.2 Å². The smallest absolute Gasteiger partial charge is 0.279 e. The number of hydrogen-bond acceptors (Lipinski definition) is 3. The third-order valence-corrected chi connectivity index (χ3v) is 6.53. The molecule has 144 valence electrons. The van der Waals surface area contributed by atoms with Crippen LogP contribution in [0.4, 0.5) is 10.1 Å². The molecule has 1 fully saturated rings. The van der Waals surface area contributed by atoms with Gasteiger partial charge in [0.2, 0.25) is 10.0 Å². The highest BCUT2D eigenvalue weighted by Crippen LogP contribution is 2.18. The van der Waals surface area contributed by atoms with E-state index in [9.17, 15) is 17.6 Å². The lowest BCUT2D eigenvalue weighted by atomic mass is 10.2. The SMILES string of the molecule is Cc1cccc(NC(=O)C[NH+]2CCN(S(=O)(=O)c3ccccc3F)CC2)c1. The van der Waals surface area contributed by atoms with E-state index in [-0.39, 0.29) is 30.4 Å². The van der Waals surface area contributed by atoms with Crippen molar-refractivity contribution in [2.45, 2.75) is 11.8 Å². The molecule has 0 aromatic heterocycles. The van der Waals surface area contributed by atoms with Gasteiger partial charge in [-0.3, -0.25) is 4.79 Å². The van der Waals surface area contributed by atoms with E-state index < -0.39 is 15.8 Å². The Labute approximate surface area is 158 Å². The third kappa shape index (κ3) is 4.71. The minimum Gasteiger partial charge on any atom is -0.325 e. The highest BCUT2D eigenvalue weighted by atomic mass is 32.2. The number of nitrogens with one attached hydrogen (secondary N) is 2. The second-order valence-corrected chi connectivity index (χ2v) is 8.59. The first-order chi connectivity index (χ1) is 12.9. The fraction of sp³-hybridized carbons (Fsp3) is 0.316. The van der Waals surface area contributed by atoms with Crippen LogP contribution in [0.25, 0.3) is 0 Å². The van der Waals surface area contributed by atoms with Crippen molar-refractivity contribution in [3.63, 3.8) is 0 Å². The minimum absolute atomic E-state index is 0.110. The Bertz CT molecular complexity index is 925. The Balaban J connectivity index is 1.56. The number of piperazine rings is 1. The first-order valence-corrected chi connectivity index (χ1v) is 10.2. The average Bonchev–Trinajstić information content (AvgIpc) is 2.62. The van der Waals surface area contributed by atoms with Gasteiger partial charge in [-0.05, 0) is 36.8 Å². The number of benzene rings is 2. The van der Waals surface area contributed by atoms with Gasteiger partial charge >= 0.3 is 0 Å². The van der Waals surface area contributed by atoms with Crippen LogP contribution in [0.3, 0.4) is 0 Å². The summed E-state index contributed by atoms with van der Waals surface area (Å²) in [5.41, 5.74) is 1.81. The lowest BCUT2D eigenvalue weighted by Gasteiger charge is -2.31. The topological polar surface area (TPSA) is 70.9 Å². The number of aryl methyl sites for hydroxylation is 1. The lowest BCUT2D eigenvalue weighted by molar-refractivity contribution is -0.895. The number of sulfonamides is 1. The summed E-state index contributed by atoms with van der Waals surface area (Å²) in [4.78, 5) is 12.9. The zero-order valence-electron chi connectivity index (χ0n) is 15.1. The van der Waals surface area contributed by atoms with Crippen molar-refractivity contribution in [2.75, 3.05) is 38.0 Å². The van der Waals surface area contributed by atoms with Gasteiger partial charge in [0.1, 0.15) is 10.7 Å². The number of carbonyl (C=O) groups excluding carboxylic acids is 1. The number of rotatable bonds is 5. The molecule has 0 radical (unpaired) electrons. The molecule has 2 aromatic rings. The molecule has 27 heavy (non-hydrogen) atoms. The van der Waals surface area contributed by atoms with Crippen LogP contribution in [0.15, 0.2) is 53.4 Å². The molecule has 3 rings (SSSR count). The Morgan fingerprint density at radius 2 is 1.85 bits per heavy atom. The predicted octanol–water partition coefficient (Wildman–Crippen LogP) is 0.662. The lowest BCUT2D eigenvalue weighted by Crippen LogP contribution is -3.15. The zero-order valence-corrected chi connectivity index (χ0v) is 15.9. The monoisotopic (exact) mass is 392 g/mol. The molecular weight excluding hydrogens is 369 g/mol. The molecule has 0 aliphatic carbocycles. The molecule has 6 nitrogen and oxygen atoms in total. The van der Waals surface area contributed by atoms with Crippen LogP contribution >= 0.6 is 0 Å². The highest BCUT2D eigenvalue weighted by molar-refractivity contribution is 7.89. The predicted molar refractivity (Wildman–Crippen MR) is 101 cm³/mol. The number of hydrogen-bond donors (Lipinski definition) is 2. The van der Waals surface area contributed by atoms with Crippen molar-refractivity contribution >= 4 is 21.6 Å². The van der Waals surface area contributed by atoms with E-state index in [1.807, 2.05) is 31.2 Å². The summed E-state index contributed by atoms with van der Waals surface area (Å²) in [6, 6.07) is 12.9. The fourth-order valence-corrected chi connectivity index (χ4v) is 4.67. The number of carbonyl (C=O) groups is 1. The number of anilines is 1. The van der Waals surface area contributed by atoms with Gasteiger partial charge in [0.15, 0.2) is 6.54 Å². The van der Waals surface area contributed by atoms with E-state index in [0.29, 0.717) is 13.1 Å². The molecule has 0 saturated carbocycles. The maximum atomic E-state index is 13.9. The number of halogens is 1. The largest absolute Gasteiger partial charge is 0.325 e. The molecule has 0 atom stereocenters. The maximum absolute atomic E-state index is 13.9. The molecule has 0 bridgehead atoms. The molecule has 8 heteroatoms. The van der Waals surface area contributed by atoms with Crippen LogP contribution in [0.2, 0.25) is 0 Å². The van der Waals surface area contributed by atoms with Gasteiger partial charge in [0, 0.05) is 5.69 Å². The molecule has 2 aromatic carbocycles. The second-order valence-electron chi connectivity index (χ2n) is 6.68. The Morgan fingerprint density at radius 1 is 1.15 bits per heavy atom. The Kier molecular flexibility index (Phi) is 5.88. The van der Waals surface area contributed by atoms with Gasteiger partial charge in [-0.25, -0.2) is 12.8 Å². The third-order valence-electron chi connectivity index (χ3n) is 4.60. The van der Waals surface area contributed by atoms with Crippen LogP contribution in [-0.2, 0) is 14.8 Å². The van der Waals surface area contributed by atoms with E-state index in [2.05, 4.69) is 5.32 Å². The summed E-state index contributed by atoms with van der Waals surface area (Å²) >= 11 is 0. The number of amides is 1. The molecule has 1 aliphatic heterocycles. The van der Waals surface area contributed by atoms with Gasteiger partial charge in [-0.2, -0.15) is 4.31 Å². The normalized spacial score (nSPS) is 16.2. The van der Waals surface area contributed by atoms with Gasteiger partial charge in [-0.15, -0.1) is 0 Å². The number of nitrogens with zero attached hydrogens (tertiary/aromatic N) is 1. The maximum Gasteiger partial charge on any atom is 0.279 e. The highest BCUT2D eigenvalue weighted by Gasteiger charge is 2.32. The molecule has 0 unspecified atom stereocenters. The molecular formula is C19H23FN3O3S+. The zero-order chi connectivity index (χ0) is 19.4. The summed E-state index contributed by atoms with van der Waals surface area (Å²) in [5, 5.41) is 2.86. The second kappa shape index (κ2) is 8.16. The van der Waals surface area contributed by atoms with E-state index >= 15 is 0 Å². The minimum atomic E-state index is -3.85. The van der Waals surface area contributed by atoms with E-state index in [4.69, 9.17) is 0 Å². The van der Waals surface area contributed by atoms with E-state index in [0.717, 1.165) is 22.2 Å². The van der Waals surface area contributed by atoms with E-state index in [1.54, 1.807) is 0 Å². The molecule has 1 aliphatic rings. The molecule has 1 saturated heterocycles. The van der Waals surface area contributed by atoms with Gasteiger partial charge in [0.25, 0.3) is 5.91 Å².